The number of hydrogen-bond acceptors (Lipinski definition) is 2. The molecule has 0 aliphatic carbocycles. The number of rotatable bonds is 4. The van der Waals surface area contributed by atoms with E-state index < -0.39 is 12.7 Å². The van der Waals surface area contributed by atoms with Gasteiger partial charge in [-0.25, -0.2) is 0 Å². The van der Waals surface area contributed by atoms with Gasteiger partial charge in [0.2, 0.25) is 0 Å². The molecule has 16 heavy (non-hydrogen) atoms. The molecule has 1 heterocycles. The summed E-state index contributed by atoms with van der Waals surface area (Å²) in [4.78, 5) is 1.50. The molecular weight excluding hydrogens is 241 g/mol. The van der Waals surface area contributed by atoms with Gasteiger partial charge in [0.05, 0.1) is 6.54 Å². The molecule has 1 rings (SSSR count). The first-order chi connectivity index (χ1) is 7.01. The second kappa shape index (κ2) is 7.35. The van der Waals surface area contributed by atoms with Crippen molar-refractivity contribution in [1.82, 2.24) is 10.2 Å². The Kier molecular flexibility index (Phi) is 7.35. The number of nitrogens with zero attached hydrogens (tertiary/aromatic N) is 1. The molecule has 0 amide bonds. The Balaban J connectivity index is 0.00000225. The number of hydrogen-bond donors (Lipinski definition) is 1. The second-order valence-electron chi connectivity index (χ2n) is 4.14. The number of piperidine rings is 1. The van der Waals surface area contributed by atoms with Crippen molar-refractivity contribution in [3.8, 4) is 0 Å². The summed E-state index contributed by atoms with van der Waals surface area (Å²) in [6.45, 7) is 3.95. The second-order valence-corrected chi connectivity index (χ2v) is 4.14. The molecule has 0 spiro atoms. The van der Waals surface area contributed by atoms with Gasteiger partial charge in [-0.1, -0.05) is 6.92 Å². The first-order valence-corrected chi connectivity index (χ1v) is 5.51. The fraction of sp³-hybridized carbons (Fsp3) is 1.00. The molecule has 0 bridgehead atoms. The van der Waals surface area contributed by atoms with E-state index >= 15 is 0 Å². The highest BCUT2D eigenvalue weighted by atomic mass is 35.5. The Labute approximate surface area is 101 Å². The molecule has 0 radical (unpaired) electrons. The molecular formula is C10H20ClF3N2. The van der Waals surface area contributed by atoms with Crippen LogP contribution in [-0.2, 0) is 0 Å². The Morgan fingerprint density at radius 1 is 1.25 bits per heavy atom. The molecule has 0 aromatic rings. The van der Waals surface area contributed by atoms with Crippen molar-refractivity contribution < 1.29 is 13.2 Å². The van der Waals surface area contributed by atoms with E-state index in [4.69, 9.17) is 0 Å². The summed E-state index contributed by atoms with van der Waals surface area (Å²) < 4.78 is 36.6. The van der Waals surface area contributed by atoms with Gasteiger partial charge in [-0.15, -0.1) is 12.4 Å². The van der Waals surface area contributed by atoms with Crippen LogP contribution in [0.15, 0.2) is 0 Å². The highest BCUT2D eigenvalue weighted by Crippen LogP contribution is 2.19. The predicted molar refractivity (Wildman–Crippen MR) is 61.0 cm³/mol. The van der Waals surface area contributed by atoms with E-state index in [0.29, 0.717) is 19.0 Å². The zero-order valence-corrected chi connectivity index (χ0v) is 10.3. The molecule has 2 nitrogen and oxygen atoms in total. The van der Waals surface area contributed by atoms with Crippen LogP contribution in [-0.4, -0.2) is 43.8 Å². The number of halogens is 4. The molecule has 98 valence electrons. The van der Waals surface area contributed by atoms with Gasteiger partial charge in [0.1, 0.15) is 0 Å². The van der Waals surface area contributed by atoms with Gasteiger partial charge in [-0.05, 0) is 38.4 Å². The largest absolute Gasteiger partial charge is 0.401 e. The van der Waals surface area contributed by atoms with Crippen LogP contribution in [0.4, 0.5) is 13.2 Å². The molecule has 0 aromatic carbocycles. The summed E-state index contributed by atoms with van der Waals surface area (Å²) in [7, 11) is 0. The predicted octanol–water partition coefficient (Wildman–Crippen LogP) is 2.29. The molecule has 1 fully saturated rings. The third kappa shape index (κ3) is 6.55. The van der Waals surface area contributed by atoms with E-state index in [1.54, 1.807) is 6.92 Å². The van der Waals surface area contributed by atoms with Crippen LogP contribution in [0.25, 0.3) is 0 Å². The maximum Gasteiger partial charge on any atom is 0.401 e. The van der Waals surface area contributed by atoms with Crippen molar-refractivity contribution in [3.05, 3.63) is 0 Å². The van der Waals surface area contributed by atoms with Crippen LogP contribution in [0, 0.1) is 5.92 Å². The third-order valence-electron chi connectivity index (χ3n) is 2.83. The molecule has 0 unspecified atom stereocenters. The standard InChI is InChI=1S/C10H19F3N2.ClH/c1-2-15(8-10(11,12)13)7-9-3-5-14-6-4-9;/h9,14H,2-8H2,1H3;1H. The summed E-state index contributed by atoms with van der Waals surface area (Å²) in [6.07, 6.45) is -2.08. The fourth-order valence-electron chi connectivity index (χ4n) is 1.99. The van der Waals surface area contributed by atoms with Gasteiger partial charge < -0.3 is 5.32 Å². The topological polar surface area (TPSA) is 15.3 Å². The zero-order valence-electron chi connectivity index (χ0n) is 9.52. The van der Waals surface area contributed by atoms with Crippen molar-refractivity contribution in [1.29, 1.82) is 0 Å². The molecule has 1 aliphatic rings. The molecule has 1 saturated heterocycles. The van der Waals surface area contributed by atoms with Crippen LogP contribution in [0.1, 0.15) is 19.8 Å². The van der Waals surface area contributed by atoms with Gasteiger partial charge in [0.25, 0.3) is 0 Å². The highest BCUT2D eigenvalue weighted by molar-refractivity contribution is 5.85. The van der Waals surface area contributed by atoms with Crippen molar-refractivity contribution in [2.24, 2.45) is 5.92 Å². The first-order valence-electron chi connectivity index (χ1n) is 5.51. The average Bonchev–Trinajstić information content (AvgIpc) is 2.16. The van der Waals surface area contributed by atoms with Crippen molar-refractivity contribution in [2.45, 2.75) is 25.9 Å². The van der Waals surface area contributed by atoms with Gasteiger partial charge in [-0.2, -0.15) is 13.2 Å². The van der Waals surface area contributed by atoms with E-state index in [1.165, 1.54) is 4.90 Å². The number of alkyl halides is 3. The van der Waals surface area contributed by atoms with Gasteiger partial charge in [0, 0.05) is 6.54 Å². The maximum absolute atomic E-state index is 12.2. The summed E-state index contributed by atoms with van der Waals surface area (Å²) in [5.41, 5.74) is 0. The molecule has 6 heteroatoms. The van der Waals surface area contributed by atoms with Crippen LogP contribution >= 0.6 is 12.4 Å². The van der Waals surface area contributed by atoms with Gasteiger partial charge in [0.15, 0.2) is 0 Å². The van der Waals surface area contributed by atoms with Gasteiger partial charge >= 0.3 is 6.18 Å². The van der Waals surface area contributed by atoms with Crippen LogP contribution < -0.4 is 5.32 Å². The minimum absolute atomic E-state index is 0. The van der Waals surface area contributed by atoms with E-state index in [1.807, 2.05) is 0 Å². The van der Waals surface area contributed by atoms with Gasteiger partial charge in [-0.3, -0.25) is 4.90 Å². The Morgan fingerprint density at radius 2 is 1.81 bits per heavy atom. The molecule has 0 aromatic heterocycles. The normalized spacial score (nSPS) is 18.6. The van der Waals surface area contributed by atoms with Crippen LogP contribution in [0.3, 0.4) is 0 Å². The minimum Gasteiger partial charge on any atom is -0.317 e. The van der Waals surface area contributed by atoms with E-state index in [0.717, 1.165) is 25.9 Å². The quantitative estimate of drug-likeness (QED) is 0.834. The van der Waals surface area contributed by atoms with E-state index in [2.05, 4.69) is 5.32 Å². The Morgan fingerprint density at radius 3 is 2.25 bits per heavy atom. The lowest BCUT2D eigenvalue weighted by Crippen LogP contribution is -2.40. The first kappa shape index (κ1) is 16.0. The Hall–Kier alpha value is -0.0000000000000000555. The summed E-state index contributed by atoms with van der Waals surface area (Å²) in [6, 6.07) is 0. The van der Waals surface area contributed by atoms with E-state index in [-0.39, 0.29) is 12.4 Å². The minimum atomic E-state index is -4.07. The SMILES string of the molecule is CCN(CC1CCNCC1)CC(F)(F)F.Cl. The molecule has 0 atom stereocenters. The third-order valence-corrected chi connectivity index (χ3v) is 2.83. The fourth-order valence-corrected chi connectivity index (χ4v) is 1.99. The van der Waals surface area contributed by atoms with Crippen molar-refractivity contribution >= 4 is 12.4 Å². The van der Waals surface area contributed by atoms with Crippen LogP contribution in [0.2, 0.25) is 0 Å². The Bertz CT molecular complexity index is 181. The summed E-state index contributed by atoms with van der Waals surface area (Å²) >= 11 is 0. The summed E-state index contributed by atoms with van der Waals surface area (Å²) in [5.74, 6) is 0.425. The number of nitrogens with one attached hydrogen (secondary N) is 1. The molecule has 0 saturated carbocycles. The monoisotopic (exact) mass is 260 g/mol. The van der Waals surface area contributed by atoms with Crippen molar-refractivity contribution in [3.63, 3.8) is 0 Å². The molecule has 1 aliphatic heterocycles. The lowest BCUT2D eigenvalue weighted by Gasteiger charge is -2.29. The van der Waals surface area contributed by atoms with Crippen LogP contribution in [0.5, 0.6) is 0 Å². The average molecular weight is 261 g/mol. The lowest BCUT2D eigenvalue weighted by molar-refractivity contribution is -0.146. The maximum atomic E-state index is 12.2. The van der Waals surface area contributed by atoms with Crippen molar-refractivity contribution in [2.75, 3.05) is 32.7 Å². The highest BCUT2D eigenvalue weighted by Gasteiger charge is 2.31. The molecule has 1 N–H and O–H groups in total. The van der Waals surface area contributed by atoms with E-state index in [9.17, 15) is 13.2 Å². The smallest absolute Gasteiger partial charge is 0.317 e. The zero-order chi connectivity index (χ0) is 11.3. The summed E-state index contributed by atoms with van der Waals surface area (Å²) in [5, 5.41) is 3.21. The lowest BCUT2D eigenvalue weighted by atomic mass is 9.97.